The van der Waals surface area contributed by atoms with E-state index in [9.17, 15) is 4.79 Å². The average molecular weight is 496 g/mol. The van der Waals surface area contributed by atoms with Crippen LogP contribution >= 0.6 is 24.0 Å². The van der Waals surface area contributed by atoms with E-state index >= 15 is 0 Å². The Morgan fingerprint density at radius 1 is 1.04 bits per heavy atom. The summed E-state index contributed by atoms with van der Waals surface area (Å²) >= 11 is 0. The summed E-state index contributed by atoms with van der Waals surface area (Å²) in [5, 5.41) is 9.00. The molecule has 152 valence electrons. The number of halogens is 1. The van der Waals surface area contributed by atoms with E-state index in [-0.39, 0.29) is 42.5 Å². The zero-order chi connectivity index (χ0) is 19.3. The van der Waals surface area contributed by atoms with Crippen LogP contribution in [0.25, 0.3) is 0 Å². The summed E-state index contributed by atoms with van der Waals surface area (Å²) in [5.41, 5.74) is 1.95. The maximum atomic E-state index is 11.9. The average Bonchev–Trinajstić information content (AvgIpc) is 2.71. The second-order valence-corrected chi connectivity index (χ2v) is 6.04. The molecule has 2 aromatic carbocycles. The molecule has 1 amide bonds. The molecule has 6 nitrogen and oxygen atoms in total. The van der Waals surface area contributed by atoms with Crippen LogP contribution in [0.2, 0.25) is 0 Å². The lowest BCUT2D eigenvalue weighted by Crippen LogP contribution is -2.41. The third-order valence-electron chi connectivity index (χ3n) is 3.95. The van der Waals surface area contributed by atoms with Crippen molar-refractivity contribution in [3.8, 4) is 0 Å². The van der Waals surface area contributed by atoms with Crippen LogP contribution in [0, 0.1) is 0 Å². The van der Waals surface area contributed by atoms with Crippen molar-refractivity contribution in [2.24, 2.45) is 4.99 Å². The number of ether oxygens (including phenoxy) is 1. The molecule has 7 heteroatoms. The molecule has 0 aromatic heterocycles. The minimum absolute atomic E-state index is 0. The number of carbonyl (C=O) groups excluding carboxylic acids is 1. The Morgan fingerprint density at radius 2 is 1.68 bits per heavy atom. The molecular formula is C21H29IN4O2. The Balaban J connectivity index is 0.00000392. The molecule has 28 heavy (non-hydrogen) atoms. The molecule has 0 radical (unpaired) electrons. The minimum Gasteiger partial charge on any atom is -0.374 e. The smallest absolute Gasteiger partial charge is 0.243 e. The number of para-hydroxylation sites is 1. The van der Waals surface area contributed by atoms with Crippen LogP contribution in [-0.4, -0.2) is 38.6 Å². The monoisotopic (exact) mass is 496 g/mol. The molecule has 0 bridgehead atoms. The van der Waals surface area contributed by atoms with Gasteiger partial charge in [0.15, 0.2) is 5.96 Å². The van der Waals surface area contributed by atoms with Crippen molar-refractivity contribution in [2.75, 3.05) is 32.1 Å². The highest BCUT2D eigenvalue weighted by Crippen LogP contribution is 2.15. The molecule has 0 aliphatic carbocycles. The van der Waals surface area contributed by atoms with Gasteiger partial charge in [-0.25, -0.2) is 0 Å². The van der Waals surface area contributed by atoms with E-state index in [0.717, 1.165) is 12.1 Å². The van der Waals surface area contributed by atoms with Crippen molar-refractivity contribution in [1.29, 1.82) is 0 Å². The number of nitrogens with one attached hydrogen (secondary N) is 3. The Hall–Kier alpha value is -2.13. The number of guanidine groups is 1. The lowest BCUT2D eigenvalue weighted by molar-refractivity contribution is -0.115. The van der Waals surface area contributed by atoms with Crippen LogP contribution in [-0.2, 0) is 9.53 Å². The lowest BCUT2D eigenvalue weighted by Gasteiger charge is -2.15. The van der Waals surface area contributed by atoms with Gasteiger partial charge in [-0.2, -0.15) is 0 Å². The van der Waals surface area contributed by atoms with Gasteiger partial charge < -0.3 is 20.7 Å². The summed E-state index contributed by atoms with van der Waals surface area (Å²) in [5.74, 6) is 0.471. The van der Waals surface area contributed by atoms with Crippen LogP contribution in [0.4, 0.5) is 5.69 Å². The summed E-state index contributed by atoms with van der Waals surface area (Å²) in [6.07, 6.45) is 0.916. The van der Waals surface area contributed by atoms with Gasteiger partial charge in [-0.3, -0.25) is 9.79 Å². The Bertz CT molecular complexity index is 711. The molecule has 0 fully saturated rings. The van der Waals surface area contributed by atoms with Gasteiger partial charge in [-0.15, -0.1) is 24.0 Å². The topological polar surface area (TPSA) is 74.8 Å². The van der Waals surface area contributed by atoms with Gasteiger partial charge in [0.1, 0.15) is 0 Å². The van der Waals surface area contributed by atoms with E-state index in [1.54, 1.807) is 7.05 Å². The van der Waals surface area contributed by atoms with E-state index in [1.807, 2.05) is 48.5 Å². The van der Waals surface area contributed by atoms with Crippen molar-refractivity contribution in [3.05, 3.63) is 66.2 Å². The van der Waals surface area contributed by atoms with Gasteiger partial charge in [0.2, 0.25) is 5.91 Å². The molecule has 0 aliphatic rings. The normalized spacial score (nSPS) is 11.9. The molecular weight excluding hydrogens is 467 g/mol. The summed E-state index contributed by atoms with van der Waals surface area (Å²) in [7, 11) is 1.68. The fourth-order valence-electron chi connectivity index (χ4n) is 2.47. The maximum Gasteiger partial charge on any atom is 0.243 e. The molecule has 1 atom stereocenters. The fourth-order valence-corrected chi connectivity index (χ4v) is 2.47. The zero-order valence-electron chi connectivity index (χ0n) is 16.4. The zero-order valence-corrected chi connectivity index (χ0v) is 18.7. The first-order valence-electron chi connectivity index (χ1n) is 9.15. The highest BCUT2D eigenvalue weighted by molar-refractivity contribution is 14.0. The van der Waals surface area contributed by atoms with Crippen molar-refractivity contribution >= 4 is 41.5 Å². The van der Waals surface area contributed by atoms with Crippen molar-refractivity contribution in [3.63, 3.8) is 0 Å². The van der Waals surface area contributed by atoms with Gasteiger partial charge in [0.25, 0.3) is 0 Å². The standard InChI is InChI=1S/C21H28N4O2.HI/c1-17(18-10-5-3-6-11-18)27-15-9-14-23-21(22-2)24-16-20(26)25-19-12-7-4-8-13-19;/h3-8,10-13,17H,9,14-16H2,1-2H3,(H,25,26)(H2,22,23,24);1H. The lowest BCUT2D eigenvalue weighted by atomic mass is 10.1. The van der Waals surface area contributed by atoms with Gasteiger partial charge in [0.05, 0.1) is 12.6 Å². The van der Waals surface area contributed by atoms with Crippen LogP contribution < -0.4 is 16.0 Å². The molecule has 0 aliphatic heterocycles. The molecule has 2 aromatic rings. The second-order valence-electron chi connectivity index (χ2n) is 6.04. The van der Waals surface area contributed by atoms with Crippen LogP contribution in [0.3, 0.4) is 0 Å². The third kappa shape index (κ3) is 9.18. The first kappa shape index (κ1) is 23.9. The van der Waals surface area contributed by atoms with Crippen LogP contribution in [0.15, 0.2) is 65.7 Å². The van der Waals surface area contributed by atoms with E-state index in [2.05, 4.69) is 40.0 Å². The largest absolute Gasteiger partial charge is 0.374 e. The second kappa shape index (κ2) is 14.0. The predicted molar refractivity (Wildman–Crippen MR) is 125 cm³/mol. The Labute approximate surface area is 184 Å². The first-order valence-corrected chi connectivity index (χ1v) is 9.15. The third-order valence-corrected chi connectivity index (χ3v) is 3.95. The van der Waals surface area contributed by atoms with Crippen molar-refractivity contribution in [2.45, 2.75) is 19.4 Å². The summed E-state index contributed by atoms with van der Waals surface area (Å²) in [4.78, 5) is 16.1. The number of hydrogen-bond donors (Lipinski definition) is 3. The van der Waals surface area contributed by atoms with E-state index in [4.69, 9.17) is 4.74 Å². The highest BCUT2D eigenvalue weighted by atomic mass is 127. The summed E-state index contributed by atoms with van der Waals surface area (Å²) < 4.78 is 5.84. The Morgan fingerprint density at radius 3 is 2.32 bits per heavy atom. The van der Waals surface area contributed by atoms with Gasteiger partial charge in [0, 0.05) is 25.9 Å². The molecule has 0 saturated heterocycles. The van der Waals surface area contributed by atoms with Gasteiger partial charge in [-0.05, 0) is 31.0 Å². The molecule has 0 heterocycles. The maximum absolute atomic E-state index is 11.9. The van der Waals surface area contributed by atoms with Gasteiger partial charge >= 0.3 is 0 Å². The number of hydrogen-bond acceptors (Lipinski definition) is 3. The van der Waals surface area contributed by atoms with Crippen molar-refractivity contribution in [1.82, 2.24) is 10.6 Å². The molecule has 2 rings (SSSR count). The Kier molecular flexibility index (Phi) is 11.9. The summed E-state index contributed by atoms with van der Waals surface area (Å²) in [6.45, 7) is 3.56. The molecule has 0 spiro atoms. The highest BCUT2D eigenvalue weighted by Gasteiger charge is 2.06. The van der Waals surface area contributed by atoms with Crippen LogP contribution in [0.5, 0.6) is 0 Å². The van der Waals surface area contributed by atoms with Crippen LogP contribution in [0.1, 0.15) is 25.0 Å². The number of anilines is 1. The molecule has 3 N–H and O–H groups in total. The van der Waals surface area contributed by atoms with Crippen molar-refractivity contribution < 1.29 is 9.53 Å². The SMILES string of the molecule is CN=C(NCCCOC(C)c1ccccc1)NCC(=O)Nc1ccccc1.I. The number of rotatable bonds is 9. The fraction of sp³-hybridized carbons (Fsp3) is 0.333. The quantitative estimate of drug-likeness (QED) is 0.215. The van der Waals surface area contributed by atoms with E-state index < -0.39 is 0 Å². The number of amides is 1. The minimum atomic E-state index is -0.121. The number of carbonyl (C=O) groups is 1. The number of benzene rings is 2. The van der Waals surface area contributed by atoms with Gasteiger partial charge in [-0.1, -0.05) is 48.5 Å². The summed E-state index contributed by atoms with van der Waals surface area (Å²) in [6, 6.07) is 19.5. The van der Waals surface area contributed by atoms with E-state index in [0.29, 0.717) is 19.1 Å². The van der Waals surface area contributed by atoms with E-state index in [1.165, 1.54) is 5.56 Å². The number of nitrogens with zero attached hydrogens (tertiary/aromatic N) is 1. The molecule has 0 saturated carbocycles. The number of aliphatic imine (C=N–C) groups is 1. The molecule has 1 unspecified atom stereocenters. The predicted octanol–water partition coefficient (Wildman–Crippen LogP) is 3.58. The first-order chi connectivity index (χ1) is 13.2.